The number of nitrogens with one attached hydrogen (secondary N) is 3. The zero-order valence-electron chi connectivity index (χ0n) is 15.2. The van der Waals surface area contributed by atoms with Gasteiger partial charge in [-0.1, -0.05) is 6.07 Å². The van der Waals surface area contributed by atoms with Gasteiger partial charge in [0, 0.05) is 30.4 Å². The van der Waals surface area contributed by atoms with E-state index in [1.54, 1.807) is 0 Å². The predicted octanol–water partition coefficient (Wildman–Crippen LogP) is 2.10. The Labute approximate surface area is 164 Å². The van der Waals surface area contributed by atoms with Crippen LogP contribution in [0.5, 0.6) is 0 Å². The molecule has 0 spiro atoms. The number of halogens is 4. The number of carbonyl (C=O) groups excluding carboxylic acids is 1. The summed E-state index contributed by atoms with van der Waals surface area (Å²) in [6.07, 6.45) is -1.99. The Balaban J connectivity index is 2.13. The van der Waals surface area contributed by atoms with Crippen LogP contribution in [0.2, 0.25) is 0 Å². The molecule has 3 N–H and O–H groups in total. The van der Waals surface area contributed by atoms with Crippen LogP contribution in [0.15, 0.2) is 30.5 Å². The van der Waals surface area contributed by atoms with E-state index in [-0.39, 0.29) is 30.0 Å². The number of rotatable bonds is 9. The van der Waals surface area contributed by atoms with Gasteiger partial charge in [-0.3, -0.25) is 19.9 Å². The van der Waals surface area contributed by atoms with E-state index in [1.807, 2.05) is 5.43 Å². The lowest BCUT2D eigenvalue weighted by atomic mass is 10.1. The lowest BCUT2D eigenvalue weighted by Crippen LogP contribution is -2.40. The van der Waals surface area contributed by atoms with Crippen molar-refractivity contribution in [3.8, 4) is 0 Å². The first-order valence-corrected chi connectivity index (χ1v) is 10.00. The molecule has 0 saturated carbocycles. The van der Waals surface area contributed by atoms with E-state index in [2.05, 4.69) is 15.1 Å². The zero-order valence-corrected chi connectivity index (χ0v) is 16.0. The second kappa shape index (κ2) is 9.65. The van der Waals surface area contributed by atoms with E-state index in [9.17, 15) is 30.8 Å². The van der Waals surface area contributed by atoms with E-state index < -0.39 is 34.0 Å². The van der Waals surface area contributed by atoms with Gasteiger partial charge in [0.15, 0.2) is 11.6 Å². The summed E-state index contributed by atoms with van der Waals surface area (Å²) in [6, 6.07) is 4.97. The minimum atomic E-state index is -3.70. The molecule has 0 atom stereocenters. The summed E-state index contributed by atoms with van der Waals surface area (Å²) in [6.45, 7) is 1.40. The third kappa shape index (κ3) is 6.39. The van der Waals surface area contributed by atoms with Gasteiger partial charge in [0.25, 0.3) is 0 Å². The Kier molecular flexibility index (Phi) is 7.51. The van der Waals surface area contributed by atoms with Crippen LogP contribution in [0.4, 0.5) is 23.2 Å². The topological polar surface area (TPSA) is 100 Å². The maximum Gasteiger partial charge on any atom is 0.316 e. The minimum Gasteiger partial charge on any atom is -0.286 e. The first kappa shape index (κ1) is 22.6. The summed E-state index contributed by atoms with van der Waals surface area (Å²) >= 11 is 0. The van der Waals surface area contributed by atoms with Crippen LogP contribution in [0, 0.1) is 11.6 Å². The summed E-state index contributed by atoms with van der Waals surface area (Å²) in [4.78, 5) is 14.8. The van der Waals surface area contributed by atoms with E-state index in [4.69, 9.17) is 0 Å². The maximum atomic E-state index is 14.3. The number of pyridine rings is 1. The average molecular weight is 434 g/mol. The lowest BCUT2D eigenvalue weighted by molar-refractivity contribution is -0.132. The molecule has 2 aromatic rings. The van der Waals surface area contributed by atoms with Gasteiger partial charge in [0.2, 0.25) is 10.0 Å². The SMILES string of the molecule is CCS(=O)(=O)Nc1ccc(F)c(F)c1Cc1ccc(CNNC(=O)C(F)F)cn1. The molecular weight excluding hydrogens is 416 g/mol. The van der Waals surface area contributed by atoms with Gasteiger partial charge in [-0.25, -0.2) is 22.6 Å². The molecule has 1 heterocycles. The summed E-state index contributed by atoms with van der Waals surface area (Å²) in [7, 11) is -3.70. The first-order chi connectivity index (χ1) is 13.6. The monoisotopic (exact) mass is 434 g/mol. The molecule has 0 unspecified atom stereocenters. The normalized spacial score (nSPS) is 11.5. The number of amides is 1. The number of benzene rings is 1. The summed E-state index contributed by atoms with van der Waals surface area (Å²) in [5.41, 5.74) is 4.66. The van der Waals surface area contributed by atoms with E-state index >= 15 is 0 Å². The van der Waals surface area contributed by atoms with Crippen LogP contribution >= 0.6 is 0 Å². The molecule has 0 aliphatic carbocycles. The highest BCUT2D eigenvalue weighted by Crippen LogP contribution is 2.25. The van der Waals surface area contributed by atoms with Crippen molar-refractivity contribution in [2.45, 2.75) is 26.3 Å². The third-order valence-corrected chi connectivity index (χ3v) is 5.08. The second-order valence-corrected chi connectivity index (χ2v) is 7.88. The van der Waals surface area contributed by atoms with Crippen LogP contribution in [0.3, 0.4) is 0 Å². The van der Waals surface area contributed by atoms with Crippen molar-refractivity contribution in [1.82, 2.24) is 15.8 Å². The molecule has 0 saturated heterocycles. The van der Waals surface area contributed by atoms with Gasteiger partial charge >= 0.3 is 12.3 Å². The molecule has 0 bridgehead atoms. The highest BCUT2D eigenvalue weighted by molar-refractivity contribution is 7.92. The highest BCUT2D eigenvalue weighted by atomic mass is 32.2. The molecule has 12 heteroatoms. The van der Waals surface area contributed by atoms with Crippen molar-refractivity contribution < 1.29 is 30.8 Å². The number of hydrogen-bond donors (Lipinski definition) is 3. The fraction of sp³-hybridized carbons (Fsp3) is 0.294. The van der Waals surface area contributed by atoms with Crippen LogP contribution in [-0.4, -0.2) is 31.5 Å². The predicted molar refractivity (Wildman–Crippen MR) is 97.5 cm³/mol. The quantitative estimate of drug-likeness (QED) is 0.415. The molecule has 0 fully saturated rings. The van der Waals surface area contributed by atoms with Crippen LogP contribution in [0.25, 0.3) is 0 Å². The molecule has 1 amide bonds. The van der Waals surface area contributed by atoms with Gasteiger partial charge in [-0.2, -0.15) is 8.78 Å². The first-order valence-electron chi connectivity index (χ1n) is 8.35. The standard InChI is InChI=1S/C17H18F4N4O3S/c1-2-29(27,28)25-14-6-5-13(18)15(19)12(14)7-11-4-3-10(8-22-11)9-23-24-17(26)16(20)21/h3-6,8,16,23,25H,2,7,9H2,1H3,(H,24,26). The number of carbonyl (C=O) groups is 1. The van der Waals surface area contributed by atoms with Gasteiger partial charge < -0.3 is 0 Å². The Hall–Kier alpha value is -2.73. The van der Waals surface area contributed by atoms with Gasteiger partial charge in [-0.15, -0.1) is 0 Å². The second-order valence-electron chi connectivity index (χ2n) is 5.87. The molecule has 0 radical (unpaired) electrons. The summed E-state index contributed by atoms with van der Waals surface area (Å²) in [5.74, 6) is -4.04. The Morgan fingerprint density at radius 1 is 1.17 bits per heavy atom. The van der Waals surface area contributed by atoms with E-state index in [0.29, 0.717) is 11.3 Å². The number of anilines is 1. The number of aromatic nitrogens is 1. The number of alkyl halides is 2. The lowest BCUT2D eigenvalue weighted by Gasteiger charge is -2.13. The van der Waals surface area contributed by atoms with Gasteiger partial charge in [0.1, 0.15) is 0 Å². The molecule has 1 aromatic heterocycles. The molecular formula is C17H18F4N4O3S. The average Bonchev–Trinajstić information content (AvgIpc) is 2.68. The van der Waals surface area contributed by atoms with Crippen molar-refractivity contribution in [1.29, 1.82) is 0 Å². The van der Waals surface area contributed by atoms with Gasteiger partial charge in [0.05, 0.1) is 11.4 Å². The summed E-state index contributed by atoms with van der Waals surface area (Å²) in [5, 5.41) is 0. The maximum absolute atomic E-state index is 14.3. The van der Waals surface area contributed by atoms with Crippen molar-refractivity contribution in [3.05, 3.63) is 58.9 Å². The number of sulfonamides is 1. The van der Waals surface area contributed by atoms with Gasteiger partial charge in [-0.05, 0) is 30.7 Å². The number of hydrogen-bond acceptors (Lipinski definition) is 5. The van der Waals surface area contributed by atoms with E-state index in [1.165, 1.54) is 25.3 Å². The molecule has 0 aliphatic heterocycles. The van der Waals surface area contributed by atoms with Crippen LogP contribution in [0.1, 0.15) is 23.7 Å². The minimum absolute atomic E-state index is 0.00160. The molecule has 2 rings (SSSR count). The van der Waals surface area contributed by atoms with Crippen molar-refractivity contribution in [2.24, 2.45) is 0 Å². The fourth-order valence-corrected chi connectivity index (χ4v) is 2.90. The highest BCUT2D eigenvalue weighted by Gasteiger charge is 2.18. The Morgan fingerprint density at radius 2 is 1.90 bits per heavy atom. The molecule has 1 aromatic carbocycles. The smallest absolute Gasteiger partial charge is 0.286 e. The van der Waals surface area contributed by atoms with Crippen molar-refractivity contribution in [3.63, 3.8) is 0 Å². The van der Waals surface area contributed by atoms with E-state index in [0.717, 1.165) is 12.1 Å². The van der Waals surface area contributed by atoms with Crippen molar-refractivity contribution in [2.75, 3.05) is 10.5 Å². The molecule has 7 nitrogen and oxygen atoms in total. The largest absolute Gasteiger partial charge is 0.316 e. The van der Waals surface area contributed by atoms with Crippen LogP contribution < -0.4 is 15.6 Å². The molecule has 29 heavy (non-hydrogen) atoms. The number of nitrogens with zero attached hydrogens (tertiary/aromatic N) is 1. The summed E-state index contributed by atoms with van der Waals surface area (Å²) < 4.78 is 77.8. The fourth-order valence-electron chi connectivity index (χ4n) is 2.23. The zero-order chi connectivity index (χ0) is 21.6. The molecule has 0 aliphatic rings. The van der Waals surface area contributed by atoms with Crippen molar-refractivity contribution >= 4 is 21.6 Å². The Bertz CT molecular complexity index is 969. The molecule has 158 valence electrons. The Morgan fingerprint density at radius 3 is 2.48 bits per heavy atom. The van der Waals surface area contributed by atoms with Crippen LogP contribution in [-0.2, 0) is 27.8 Å². The third-order valence-electron chi connectivity index (χ3n) is 3.79. The number of hydrazine groups is 1.